The SMILES string of the molecule is CNC(=O)CCNC(=O)CCCCC(=O)O. The highest BCUT2D eigenvalue weighted by Crippen LogP contribution is 1.99. The van der Waals surface area contributed by atoms with Gasteiger partial charge in [-0.05, 0) is 12.8 Å². The Morgan fingerprint density at radius 3 is 2.19 bits per heavy atom. The highest BCUT2D eigenvalue weighted by molar-refractivity contribution is 5.78. The number of amides is 2. The van der Waals surface area contributed by atoms with E-state index in [1.807, 2.05) is 0 Å². The zero-order valence-corrected chi connectivity index (χ0v) is 9.41. The topological polar surface area (TPSA) is 95.5 Å². The normalized spacial score (nSPS) is 9.56. The van der Waals surface area contributed by atoms with Gasteiger partial charge in [0.2, 0.25) is 11.8 Å². The summed E-state index contributed by atoms with van der Waals surface area (Å²) in [5.41, 5.74) is 0. The van der Waals surface area contributed by atoms with Crippen LogP contribution in [0.15, 0.2) is 0 Å². The summed E-state index contributed by atoms with van der Waals surface area (Å²) in [7, 11) is 1.54. The van der Waals surface area contributed by atoms with E-state index >= 15 is 0 Å². The minimum absolute atomic E-state index is 0.0888. The molecule has 0 heterocycles. The van der Waals surface area contributed by atoms with Crippen molar-refractivity contribution in [3.63, 3.8) is 0 Å². The zero-order chi connectivity index (χ0) is 12.4. The molecule has 0 atom stereocenters. The molecule has 0 radical (unpaired) electrons. The molecule has 0 spiro atoms. The lowest BCUT2D eigenvalue weighted by Gasteiger charge is -2.03. The van der Waals surface area contributed by atoms with Gasteiger partial charge in [0, 0.05) is 32.9 Å². The van der Waals surface area contributed by atoms with Crippen LogP contribution in [0.5, 0.6) is 0 Å². The fourth-order valence-electron chi connectivity index (χ4n) is 1.09. The van der Waals surface area contributed by atoms with E-state index < -0.39 is 5.97 Å². The number of aliphatic carboxylic acids is 1. The van der Waals surface area contributed by atoms with Crippen LogP contribution < -0.4 is 10.6 Å². The van der Waals surface area contributed by atoms with E-state index in [0.29, 0.717) is 25.8 Å². The van der Waals surface area contributed by atoms with Gasteiger partial charge in [0.1, 0.15) is 0 Å². The van der Waals surface area contributed by atoms with Crippen LogP contribution in [0.4, 0.5) is 0 Å². The van der Waals surface area contributed by atoms with E-state index in [-0.39, 0.29) is 24.7 Å². The molecule has 2 amide bonds. The second-order valence-electron chi connectivity index (χ2n) is 3.37. The van der Waals surface area contributed by atoms with Crippen molar-refractivity contribution in [3.05, 3.63) is 0 Å². The summed E-state index contributed by atoms with van der Waals surface area (Å²) in [5, 5.41) is 13.4. The van der Waals surface area contributed by atoms with Gasteiger partial charge in [-0.3, -0.25) is 14.4 Å². The average Bonchev–Trinajstić information content (AvgIpc) is 2.24. The van der Waals surface area contributed by atoms with Crippen molar-refractivity contribution in [2.75, 3.05) is 13.6 Å². The molecule has 16 heavy (non-hydrogen) atoms. The molecule has 0 saturated carbocycles. The Hall–Kier alpha value is -1.59. The van der Waals surface area contributed by atoms with Crippen molar-refractivity contribution in [2.24, 2.45) is 0 Å². The molecule has 0 aliphatic rings. The second kappa shape index (κ2) is 8.70. The van der Waals surface area contributed by atoms with Gasteiger partial charge in [-0.15, -0.1) is 0 Å². The van der Waals surface area contributed by atoms with E-state index in [2.05, 4.69) is 10.6 Å². The molecule has 92 valence electrons. The molecule has 6 nitrogen and oxygen atoms in total. The Balaban J connectivity index is 3.38. The third kappa shape index (κ3) is 8.98. The first kappa shape index (κ1) is 14.4. The summed E-state index contributed by atoms with van der Waals surface area (Å²) < 4.78 is 0. The van der Waals surface area contributed by atoms with Gasteiger partial charge < -0.3 is 15.7 Å². The Morgan fingerprint density at radius 2 is 1.62 bits per heavy atom. The highest BCUT2D eigenvalue weighted by atomic mass is 16.4. The lowest BCUT2D eigenvalue weighted by Crippen LogP contribution is -2.28. The average molecular weight is 230 g/mol. The molecule has 3 N–H and O–H groups in total. The molecule has 0 rings (SSSR count). The predicted molar refractivity (Wildman–Crippen MR) is 57.8 cm³/mol. The van der Waals surface area contributed by atoms with E-state index in [1.54, 1.807) is 0 Å². The highest BCUT2D eigenvalue weighted by Gasteiger charge is 2.03. The number of carboxylic acids is 1. The van der Waals surface area contributed by atoms with Gasteiger partial charge in [-0.2, -0.15) is 0 Å². The fourth-order valence-corrected chi connectivity index (χ4v) is 1.09. The fraction of sp³-hybridized carbons (Fsp3) is 0.700. The van der Waals surface area contributed by atoms with Gasteiger partial charge >= 0.3 is 5.97 Å². The molecule has 0 bridgehead atoms. The number of unbranched alkanes of at least 4 members (excludes halogenated alkanes) is 1. The third-order valence-electron chi connectivity index (χ3n) is 2.00. The zero-order valence-electron chi connectivity index (χ0n) is 9.41. The minimum Gasteiger partial charge on any atom is -0.481 e. The van der Waals surface area contributed by atoms with Crippen LogP contribution in [0.1, 0.15) is 32.1 Å². The molecule has 0 aliphatic carbocycles. The van der Waals surface area contributed by atoms with Crippen LogP contribution >= 0.6 is 0 Å². The first-order valence-electron chi connectivity index (χ1n) is 5.25. The van der Waals surface area contributed by atoms with Crippen molar-refractivity contribution in [2.45, 2.75) is 32.1 Å². The van der Waals surface area contributed by atoms with Gasteiger partial charge in [0.05, 0.1) is 0 Å². The predicted octanol–water partition coefficient (Wildman–Crippen LogP) is -0.116. The van der Waals surface area contributed by atoms with E-state index in [4.69, 9.17) is 5.11 Å². The molecule has 0 aromatic heterocycles. The van der Waals surface area contributed by atoms with Gasteiger partial charge in [-0.1, -0.05) is 0 Å². The Kier molecular flexibility index (Phi) is 7.83. The number of carbonyl (C=O) groups is 3. The lowest BCUT2D eigenvalue weighted by atomic mass is 10.2. The summed E-state index contributed by atoms with van der Waals surface area (Å²) >= 11 is 0. The van der Waals surface area contributed by atoms with Crippen LogP contribution in [-0.2, 0) is 14.4 Å². The maximum atomic E-state index is 11.2. The molecular formula is C10H18N2O4. The Morgan fingerprint density at radius 1 is 1.00 bits per heavy atom. The molecule has 0 aromatic carbocycles. The molecule has 0 saturated heterocycles. The van der Waals surface area contributed by atoms with Gasteiger partial charge in [0.15, 0.2) is 0 Å². The third-order valence-corrected chi connectivity index (χ3v) is 2.00. The summed E-state index contributed by atoms with van der Waals surface area (Å²) in [6.45, 7) is 0.317. The monoisotopic (exact) mass is 230 g/mol. The standard InChI is InChI=1S/C10H18N2O4/c1-11-8(13)6-7-12-9(14)4-2-3-5-10(15)16/h2-7H2,1H3,(H,11,13)(H,12,14)(H,15,16). The number of nitrogens with one attached hydrogen (secondary N) is 2. The van der Waals surface area contributed by atoms with Crippen LogP contribution in [0.25, 0.3) is 0 Å². The molecular weight excluding hydrogens is 212 g/mol. The molecule has 6 heteroatoms. The van der Waals surface area contributed by atoms with Crippen LogP contribution in [0, 0.1) is 0 Å². The largest absolute Gasteiger partial charge is 0.481 e. The first-order valence-corrected chi connectivity index (χ1v) is 5.25. The van der Waals surface area contributed by atoms with Crippen molar-refractivity contribution in [1.82, 2.24) is 10.6 Å². The quantitative estimate of drug-likeness (QED) is 0.507. The van der Waals surface area contributed by atoms with Crippen molar-refractivity contribution >= 4 is 17.8 Å². The molecule has 0 unspecified atom stereocenters. The number of carbonyl (C=O) groups excluding carboxylic acids is 2. The second-order valence-corrected chi connectivity index (χ2v) is 3.37. The number of carboxylic acid groups (broad SMARTS) is 1. The number of hydrogen-bond acceptors (Lipinski definition) is 3. The van der Waals surface area contributed by atoms with E-state index in [0.717, 1.165) is 0 Å². The van der Waals surface area contributed by atoms with Gasteiger partial charge in [-0.25, -0.2) is 0 Å². The van der Waals surface area contributed by atoms with E-state index in [9.17, 15) is 14.4 Å². The maximum Gasteiger partial charge on any atom is 0.303 e. The molecule has 0 aromatic rings. The lowest BCUT2D eigenvalue weighted by molar-refractivity contribution is -0.137. The van der Waals surface area contributed by atoms with Crippen molar-refractivity contribution in [1.29, 1.82) is 0 Å². The molecule has 0 fully saturated rings. The van der Waals surface area contributed by atoms with Crippen LogP contribution in [-0.4, -0.2) is 36.5 Å². The Bertz CT molecular complexity index is 253. The number of rotatable bonds is 8. The molecule has 0 aliphatic heterocycles. The van der Waals surface area contributed by atoms with Crippen molar-refractivity contribution < 1.29 is 19.5 Å². The number of hydrogen-bond donors (Lipinski definition) is 3. The Labute approximate surface area is 94.4 Å². The van der Waals surface area contributed by atoms with E-state index in [1.165, 1.54) is 7.05 Å². The van der Waals surface area contributed by atoms with Crippen molar-refractivity contribution in [3.8, 4) is 0 Å². The van der Waals surface area contributed by atoms with Crippen LogP contribution in [0.3, 0.4) is 0 Å². The van der Waals surface area contributed by atoms with Crippen LogP contribution in [0.2, 0.25) is 0 Å². The summed E-state index contributed by atoms with van der Waals surface area (Å²) in [5.74, 6) is -1.11. The first-order chi connectivity index (χ1) is 7.56. The maximum absolute atomic E-state index is 11.2. The van der Waals surface area contributed by atoms with Gasteiger partial charge in [0.25, 0.3) is 0 Å². The summed E-state index contributed by atoms with van der Waals surface area (Å²) in [4.78, 5) is 32.1. The summed E-state index contributed by atoms with van der Waals surface area (Å²) in [6.07, 6.45) is 1.71. The summed E-state index contributed by atoms with van der Waals surface area (Å²) in [6, 6.07) is 0. The smallest absolute Gasteiger partial charge is 0.303 e. The minimum atomic E-state index is -0.847.